The standard InChI is InChI=1S/C23H24O/c1-3-15-9-18-12-23(10-16-5-4-14(2)8-17(16)11-23)13-20(18)22-19(15)6-7-21(22)24/h4-5,8-9H,3,6-7,10-13H2,1-2H3. The van der Waals surface area contributed by atoms with Gasteiger partial charge in [0, 0.05) is 12.0 Å². The van der Waals surface area contributed by atoms with Crippen LogP contribution in [0, 0.1) is 12.3 Å². The van der Waals surface area contributed by atoms with Gasteiger partial charge in [-0.2, -0.15) is 0 Å². The summed E-state index contributed by atoms with van der Waals surface area (Å²) < 4.78 is 0. The van der Waals surface area contributed by atoms with E-state index in [0.29, 0.717) is 11.2 Å². The van der Waals surface area contributed by atoms with Crippen LogP contribution in [0.5, 0.6) is 0 Å². The van der Waals surface area contributed by atoms with Gasteiger partial charge in [0.05, 0.1) is 0 Å². The lowest BCUT2D eigenvalue weighted by Crippen LogP contribution is -2.21. The van der Waals surface area contributed by atoms with Gasteiger partial charge in [-0.1, -0.05) is 36.8 Å². The molecule has 0 radical (unpaired) electrons. The third kappa shape index (κ3) is 1.90. The molecular weight excluding hydrogens is 292 g/mol. The minimum Gasteiger partial charge on any atom is -0.294 e. The van der Waals surface area contributed by atoms with Crippen LogP contribution in [-0.4, -0.2) is 5.78 Å². The Morgan fingerprint density at radius 2 is 1.71 bits per heavy atom. The molecule has 0 heterocycles. The van der Waals surface area contributed by atoms with E-state index < -0.39 is 0 Å². The number of hydrogen-bond donors (Lipinski definition) is 0. The van der Waals surface area contributed by atoms with Crippen LogP contribution in [0.25, 0.3) is 0 Å². The first-order chi connectivity index (χ1) is 11.6. The number of rotatable bonds is 1. The highest BCUT2D eigenvalue weighted by Gasteiger charge is 2.44. The van der Waals surface area contributed by atoms with Crippen molar-refractivity contribution >= 4 is 5.78 Å². The highest BCUT2D eigenvalue weighted by Crippen LogP contribution is 2.50. The molecule has 2 aromatic carbocycles. The van der Waals surface area contributed by atoms with Gasteiger partial charge < -0.3 is 0 Å². The molecule has 3 aliphatic carbocycles. The number of aryl methyl sites for hydroxylation is 2. The van der Waals surface area contributed by atoms with E-state index in [1.807, 2.05) is 0 Å². The minimum atomic E-state index is 0.335. The van der Waals surface area contributed by atoms with E-state index in [4.69, 9.17) is 0 Å². The van der Waals surface area contributed by atoms with Crippen molar-refractivity contribution in [1.29, 1.82) is 0 Å². The zero-order valence-corrected chi connectivity index (χ0v) is 14.7. The van der Waals surface area contributed by atoms with Gasteiger partial charge in [-0.3, -0.25) is 4.79 Å². The lowest BCUT2D eigenvalue weighted by molar-refractivity contribution is 0.0993. The zero-order valence-electron chi connectivity index (χ0n) is 14.7. The van der Waals surface area contributed by atoms with E-state index in [1.165, 1.54) is 46.2 Å². The molecule has 0 aliphatic heterocycles. The summed E-state index contributed by atoms with van der Waals surface area (Å²) in [5.41, 5.74) is 11.6. The van der Waals surface area contributed by atoms with Crippen molar-refractivity contribution in [2.75, 3.05) is 0 Å². The fourth-order valence-electron chi connectivity index (χ4n) is 5.60. The molecule has 0 bridgehead atoms. The summed E-state index contributed by atoms with van der Waals surface area (Å²) in [7, 11) is 0. The van der Waals surface area contributed by atoms with E-state index in [-0.39, 0.29) is 0 Å². The molecule has 24 heavy (non-hydrogen) atoms. The normalized spacial score (nSPS) is 23.7. The second-order valence-electron chi connectivity index (χ2n) is 8.28. The number of ketones is 1. The Kier molecular flexibility index (Phi) is 2.90. The zero-order chi connectivity index (χ0) is 16.5. The Morgan fingerprint density at radius 1 is 0.917 bits per heavy atom. The lowest BCUT2D eigenvalue weighted by Gasteiger charge is -2.22. The highest BCUT2D eigenvalue weighted by atomic mass is 16.1. The number of carbonyl (C=O) groups excluding carboxylic acids is 1. The van der Waals surface area contributed by atoms with E-state index in [2.05, 4.69) is 38.1 Å². The third-order valence-electron chi connectivity index (χ3n) is 6.60. The van der Waals surface area contributed by atoms with Crippen LogP contribution in [0.1, 0.15) is 62.6 Å². The van der Waals surface area contributed by atoms with E-state index in [1.54, 1.807) is 5.56 Å². The van der Waals surface area contributed by atoms with Crippen LogP contribution in [0.4, 0.5) is 0 Å². The van der Waals surface area contributed by atoms with Crippen molar-refractivity contribution < 1.29 is 4.79 Å². The number of fused-ring (bicyclic) bond motifs is 4. The molecule has 1 atom stereocenters. The van der Waals surface area contributed by atoms with Crippen molar-refractivity contribution in [1.82, 2.24) is 0 Å². The van der Waals surface area contributed by atoms with Crippen molar-refractivity contribution in [3.05, 3.63) is 68.8 Å². The first kappa shape index (κ1) is 14.5. The molecule has 5 rings (SSSR count). The SMILES string of the molecule is CCc1cc2c(c3c1CCC3=O)CC1(Cc3ccc(C)cc3C1)C2. The van der Waals surface area contributed by atoms with Crippen molar-refractivity contribution in [3.63, 3.8) is 0 Å². The topological polar surface area (TPSA) is 17.1 Å². The average Bonchev–Trinajstić information content (AvgIpc) is 3.20. The Bertz CT molecular complexity index is 889. The molecule has 1 unspecified atom stereocenters. The van der Waals surface area contributed by atoms with Crippen LogP contribution in [0.15, 0.2) is 24.3 Å². The van der Waals surface area contributed by atoms with Gasteiger partial charge >= 0.3 is 0 Å². The number of carbonyl (C=O) groups is 1. The molecule has 122 valence electrons. The van der Waals surface area contributed by atoms with Crippen LogP contribution < -0.4 is 0 Å². The molecular formula is C23H24O. The van der Waals surface area contributed by atoms with Gasteiger partial charge in [0.25, 0.3) is 0 Å². The summed E-state index contributed by atoms with van der Waals surface area (Å²) in [6, 6.07) is 9.39. The Balaban J connectivity index is 1.59. The fraction of sp³-hybridized carbons (Fsp3) is 0.435. The summed E-state index contributed by atoms with van der Waals surface area (Å²) in [5, 5.41) is 0. The van der Waals surface area contributed by atoms with Crippen molar-refractivity contribution in [2.45, 2.75) is 58.8 Å². The molecule has 0 saturated carbocycles. The van der Waals surface area contributed by atoms with Crippen LogP contribution in [0.2, 0.25) is 0 Å². The molecule has 0 amide bonds. The molecule has 1 spiro atoms. The average molecular weight is 316 g/mol. The van der Waals surface area contributed by atoms with Crippen LogP contribution >= 0.6 is 0 Å². The van der Waals surface area contributed by atoms with Gasteiger partial charge in [-0.15, -0.1) is 0 Å². The first-order valence-electron chi connectivity index (χ1n) is 9.37. The number of Topliss-reactive ketones (excluding diaryl/α,β-unsaturated/α-hetero) is 1. The van der Waals surface area contributed by atoms with E-state index in [0.717, 1.165) is 37.7 Å². The third-order valence-corrected chi connectivity index (χ3v) is 6.60. The summed E-state index contributed by atoms with van der Waals surface area (Å²) in [5.74, 6) is 0.403. The second-order valence-corrected chi connectivity index (χ2v) is 8.28. The van der Waals surface area contributed by atoms with Gasteiger partial charge in [0.1, 0.15) is 0 Å². The predicted molar refractivity (Wildman–Crippen MR) is 96.9 cm³/mol. The molecule has 0 aromatic heterocycles. The molecule has 2 aromatic rings. The molecule has 0 N–H and O–H groups in total. The smallest absolute Gasteiger partial charge is 0.163 e. The molecule has 1 heteroatoms. The van der Waals surface area contributed by atoms with Gasteiger partial charge in [-0.25, -0.2) is 0 Å². The number of hydrogen-bond acceptors (Lipinski definition) is 1. The molecule has 0 fully saturated rings. The maximum Gasteiger partial charge on any atom is 0.163 e. The van der Waals surface area contributed by atoms with Gasteiger partial charge in [0.15, 0.2) is 5.78 Å². The summed E-state index contributed by atoms with van der Waals surface area (Å²) in [6.45, 7) is 4.41. The quantitative estimate of drug-likeness (QED) is 0.753. The monoisotopic (exact) mass is 316 g/mol. The largest absolute Gasteiger partial charge is 0.294 e. The maximum absolute atomic E-state index is 12.6. The van der Waals surface area contributed by atoms with E-state index in [9.17, 15) is 4.79 Å². The Labute approximate surface area is 144 Å². The lowest BCUT2D eigenvalue weighted by atomic mass is 9.81. The second kappa shape index (κ2) is 4.81. The first-order valence-corrected chi connectivity index (χ1v) is 9.37. The Morgan fingerprint density at radius 3 is 2.54 bits per heavy atom. The van der Waals surface area contributed by atoms with Gasteiger partial charge in [0.2, 0.25) is 0 Å². The molecule has 0 saturated heterocycles. The number of benzene rings is 2. The van der Waals surface area contributed by atoms with Crippen molar-refractivity contribution in [2.24, 2.45) is 5.41 Å². The highest BCUT2D eigenvalue weighted by molar-refractivity contribution is 6.02. The Hall–Kier alpha value is -1.89. The summed E-state index contributed by atoms with van der Waals surface area (Å²) in [6.07, 6.45) is 7.38. The fourth-order valence-corrected chi connectivity index (χ4v) is 5.60. The minimum absolute atomic E-state index is 0.335. The van der Waals surface area contributed by atoms with Crippen LogP contribution in [-0.2, 0) is 38.5 Å². The molecule has 3 aliphatic rings. The van der Waals surface area contributed by atoms with Crippen molar-refractivity contribution in [3.8, 4) is 0 Å². The predicted octanol–water partition coefficient (Wildman–Crippen LogP) is 4.57. The maximum atomic E-state index is 12.6. The van der Waals surface area contributed by atoms with Gasteiger partial charge in [-0.05, 0) is 84.2 Å². The van der Waals surface area contributed by atoms with Crippen LogP contribution in [0.3, 0.4) is 0 Å². The van der Waals surface area contributed by atoms with E-state index >= 15 is 0 Å². The summed E-state index contributed by atoms with van der Waals surface area (Å²) in [4.78, 5) is 12.6. The molecule has 1 nitrogen and oxygen atoms in total. The summed E-state index contributed by atoms with van der Waals surface area (Å²) >= 11 is 0.